The topological polar surface area (TPSA) is 29.5 Å². The van der Waals surface area contributed by atoms with Gasteiger partial charge < -0.3 is 9.64 Å². The molecule has 0 aromatic heterocycles. The first-order valence-corrected chi connectivity index (χ1v) is 7.81. The maximum atomic E-state index is 12.5. The van der Waals surface area contributed by atoms with Gasteiger partial charge in [-0.3, -0.25) is 4.79 Å². The molecule has 3 nitrogen and oxygen atoms in total. The lowest BCUT2D eigenvalue weighted by molar-refractivity contribution is -0.0227. The highest BCUT2D eigenvalue weighted by Crippen LogP contribution is 2.31. The van der Waals surface area contributed by atoms with Crippen LogP contribution in [0.1, 0.15) is 22.0 Å². The van der Waals surface area contributed by atoms with Crippen molar-refractivity contribution < 1.29 is 9.53 Å². The average Bonchev–Trinajstić information content (AvgIpc) is 2.55. The fraction of sp³-hybridized carbons (Fsp3) is 0.235. The van der Waals surface area contributed by atoms with Gasteiger partial charge in [-0.15, -0.1) is 0 Å². The van der Waals surface area contributed by atoms with Gasteiger partial charge in [0.1, 0.15) is 6.10 Å². The Labute approximate surface area is 139 Å². The van der Waals surface area contributed by atoms with Crippen molar-refractivity contribution in [3.05, 3.63) is 69.7 Å². The number of benzene rings is 2. The Kier molecular flexibility index (Phi) is 4.67. The average molecular weight is 336 g/mol. The minimum absolute atomic E-state index is 0.0129. The minimum Gasteiger partial charge on any atom is -0.370 e. The zero-order valence-electron chi connectivity index (χ0n) is 11.8. The van der Waals surface area contributed by atoms with E-state index >= 15 is 0 Å². The van der Waals surface area contributed by atoms with Gasteiger partial charge in [-0.25, -0.2) is 0 Å². The molecule has 1 aliphatic rings. The van der Waals surface area contributed by atoms with Crippen molar-refractivity contribution in [2.45, 2.75) is 6.10 Å². The minimum atomic E-state index is -0.230. The zero-order chi connectivity index (χ0) is 15.5. The van der Waals surface area contributed by atoms with Crippen molar-refractivity contribution >= 4 is 29.1 Å². The first-order valence-electron chi connectivity index (χ1n) is 7.06. The largest absolute Gasteiger partial charge is 0.370 e. The van der Waals surface area contributed by atoms with Crippen molar-refractivity contribution in [1.82, 2.24) is 4.90 Å². The normalized spacial score (nSPS) is 18.3. The molecule has 1 unspecified atom stereocenters. The maximum absolute atomic E-state index is 12.5. The number of hydrogen-bond donors (Lipinski definition) is 0. The molecule has 1 aliphatic heterocycles. The maximum Gasteiger partial charge on any atom is 0.254 e. The lowest BCUT2D eigenvalue weighted by Gasteiger charge is -2.33. The molecule has 22 heavy (non-hydrogen) atoms. The Balaban J connectivity index is 1.78. The second kappa shape index (κ2) is 6.69. The van der Waals surface area contributed by atoms with Gasteiger partial charge in [0, 0.05) is 27.7 Å². The van der Waals surface area contributed by atoms with Crippen molar-refractivity contribution in [3.63, 3.8) is 0 Å². The van der Waals surface area contributed by atoms with Gasteiger partial charge in [0.15, 0.2) is 0 Å². The lowest BCUT2D eigenvalue weighted by Crippen LogP contribution is -2.42. The SMILES string of the molecule is O=C(c1ccccc1)N1CCOC(c2ccc(Cl)cc2Cl)C1. The first kappa shape index (κ1) is 15.3. The van der Waals surface area contributed by atoms with Crippen molar-refractivity contribution in [2.24, 2.45) is 0 Å². The standard InChI is InChI=1S/C17H15Cl2NO2/c18-13-6-7-14(15(19)10-13)16-11-20(8-9-22-16)17(21)12-4-2-1-3-5-12/h1-7,10,16H,8-9,11H2. The number of rotatable bonds is 2. The van der Waals surface area contributed by atoms with E-state index in [1.165, 1.54) is 0 Å². The smallest absolute Gasteiger partial charge is 0.254 e. The molecular formula is C17H15Cl2NO2. The number of amides is 1. The summed E-state index contributed by atoms with van der Waals surface area (Å²) in [6, 6.07) is 14.6. The molecule has 1 amide bonds. The molecule has 0 saturated carbocycles. The number of morpholine rings is 1. The van der Waals surface area contributed by atoms with E-state index in [0.29, 0.717) is 35.3 Å². The van der Waals surface area contributed by atoms with Crippen LogP contribution in [0.4, 0.5) is 0 Å². The lowest BCUT2D eigenvalue weighted by atomic mass is 10.1. The molecule has 114 valence electrons. The van der Waals surface area contributed by atoms with Crippen LogP contribution >= 0.6 is 23.2 Å². The third-order valence-corrected chi connectivity index (χ3v) is 4.25. The number of hydrogen-bond acceptors (Lipinski definition) is 2. The second-order valence-corrected chi connectivity index (χ2v) is 5.99. The molecule has 1 atom stereocenters. The van der Waals surface area contributed by atoms with Crippen molar-refractivity contribution in [3.8, 4) is 0 Å². The summed E-state index contributed by atoms with van der Waals surface area (Å²) in [5.74, 6) is 0.0129. The van der Waals surface area contributed by atoms with Crippen LogP contribution in [0.2, 0.25) is 10.0 Å². The van der Waals surface area contributed by atoms with Gasteiger partial charge in [0.2, 0.25) is 0 Å². The summed E-state index contributed by atoms with van der Waals surface area (Å²) >= 11 is 12.2. The van der Waals surface area contributed by atoms with E-state index in [1.54, 1.807) is 17.0 Å². The van der Waals surface area contributed by atoms with E-state index in [2.05, 4.69) is 0 Å². The third kappa shape index (κ3) is 3.27. The Bertz CT molecular complexity index is 676. The Morgan fingerprint density at radius 2 is 1.91 bits per heavy atom. The van der Waals surface area contributed by atoms with Gasteiger partial charge in [0.25, 0.3) is 5.91 Å². The van der Waals surface area contributed by atoms with Crippen LogP contribution in [0.25, 0.3) is 0 Å². The quantitative estimate of drug-likeness (QED) is 0.822. The summed E-state index contributed by atoms with van der Waals surface area (Å²) in [4.78, 5) is 14.3. The highest BCUT2D eigenvalue weighted by molar-refractivity contribution is 6.35. The Morgan fingerprint density at radius 1 is 1.14 bits per heavy atom. The van der Waals surface area contributed by atoms with E-state index in [0.717, 1.165) is 5.56 Å². The van der Waals surface area contributed by atoms with E-state index < -0.39 is 0 Å². The van der Waals surface area contributed by atoms with E-state index in [4.69, 9.17) is 27.9 Å². The summed E-state index contributed by atoms with van der Waals surface area (Å²) in [5.41, 5.74) is 1.54. The van der Waals surface area contributed by atoms with Gasteiger partial charge in [-0.05, 0) is 24.3 Å². The highest BCUT2D eigenvalue weighted by Gasteiger charge is 2.27. The number of carbonyl (C=O) groups excluding carboxylic acids is 1. The molecule has 0 radical (unpaired) electrons. The molecule has 2 aromatic carbocycles. The Morgan fingerprint density at radius 3 is 2.64 bits per heavy atom. The van der Waals surface area contributed by atoms with E-state index in [-0.39, 0.29) is 12.0 Å². The predicted octanol–water partition coefficient (Wildman–Crippen LogP) is 4.21. The summed E-state index contributed by atoms with van der Waals surface area (Å²) < 4.78 is 5.78. The number of nitrogens with zero attached hydrogens (tertiary/aromatic N) is 1. The molecule has 3 rings (SSSR count). The fourth-order valence-electron chi connectivity index (χ4n) is 2.55. The summed E-state index contributed by atoms with van der Waals surface area (Å²) in [7, 11) is 0. The summed E-state index contributed by atoms with van der Waals surface area (Å²) in [6.07, 6.45) is -0.230. The molecule has 0 aliphatic carbocycles. The van der Waals surface area contributed by atoms with Crippen LogP contribution in [-0.2, 0) is 4.74 Å². The third-order valence-electron chi connectivity index (χ3n) is 3.68. The van der Waals surface area contributed by atoms with Crippen LogP contribution in [0.5, 0.6) is 0 Å². The monoisotopic (exact) mass is 335 g/mol. The van der Waals surface area contributed by atoms with Crippen LogP contribution in [0, 0.1) is 0 Å². The molecule has 1 heterocycles. The molecule has 1 saturated heterocycles. The van der Waals surface area contributed by atoms with Crippen LogP contribution < -0.4 is 0 Å². The first-order chi connectivity index (χ1) is 10.6. The number of carbonyl (C=O) groups is 1. The number of halogens is 2. The fourth-order valence-corrected chi connectivity index (χ4v) is 3.08. The van der Waals surface area contributed by atoms with Gasteiger partial charge >= 0.3 is 0 Å². The van der Waals surface area contributed by atoms with Gasteiger partial charge in [0.05, 0.1) is 13.2 Å². The zero-order valence-corrected chi connectivity index (χ0v) is 13.3. The van der Waals surface area contributed by atoms with Crippen LogP contribution in [0.15, 0.2) is 48.5 Å². The molecule has 1 fully saturated rings. The highest BCUT2D eigenvalue weighted by atomic mass is 35.5. The molecule has 0 spiro atoms. The van der Waals surface area contributed by atoms with E-state index in [1.807, 2.05) is 36.4 Å². The number of ether oxygens (including phenoxy) is 1. The second-order valence-electron chi connectivity index (χ2n) is 5.14. The Hall–Kier alpha value is -1.55. The molecular weight excluding hydrogens is 321 g/mol. The molecule has 5 heteroatoms. The molecule has 0 bridgehead atoms. The van der Waals surface area contributed by atoms with Gasteiger partial charge in [-0.1, -0.05) is 47.5 Å². The molecule has 0 N–H and O–H groups in total. The van der Waals surface area contributed by atoms with E-state index in [9.17, 15) is 4.79 Å². The van der Waals surface area contributed by atoms with Crippen molar-refractivity contribution in [2.75, 3.05) is 19.7 Å². The summed E-state index contributed by atoms with van der Waals surface area (Å²) in [5, 5.41) is 1.15. The van der Waals surface area contributed by atoms with Crippen LogP contribution in [-0.4, -0.2) is 30.5 Å². The van der Waals surface area contributed by atoms with Gasteiger partial charge in [-0.2, -0.15) is 0 Å². The van der Waals surface area contributed by atoms with Crippen molar-refractivity contribution in [1.29, 1.82) is 0 Å². The van der Waals surface area contributed by atoms with Crippen LogP contribution in [0.3, 0.4) is 0 Å². The predicted molar refractivity (Wildman–Crippen MR) is 87.5 cm³/mol. The molecule has 2 aromatic rings. The summed E-state index contributed by atoms with van der Waals surface area (Å²) in [6.45, 7) is 1.55.